The van der Waals surface area contributed by atoms with Gasteiger partial charge in [0.2, 0.25) is 5.88 Å². The van der Waals surface area contributed by atoms with Gasteiger partial charge < -0.3 is 9.47 Å². The molecule has 16 heavy (non-hydrogen) atoms. The number of nitrogens with two attached hydrogens (primary N) is 1. The van der Waals surface area contributed by atoms with Crippen LogP contribution in [0.4, 0.5) is 0 Å². The minimum atomic E-state index is -0.116. The van der Waals surface area contributed by atoms with Gasteiger partial charge in [0, 0.05) is 25.6 Å². The van der Waals surface area contributed by atoms with Crippen molar-refractivity contribution in [3.63, 3.8) is 0 Å². The molecule has 0 aromatic carbocycles. The number of aromatic nitrogens is 2. The van der Waals surface area contributed by atoms with Crippen LogP contribution in [0.2, 0.25) is 0 Å². The number of hydrazine groups is 1. The topological polar surface area (TPSA) is 82.3 Å². The van der Waals surface area contributed by atoms with Gasteiger partial charge in [-0.3, -0.25) is 16.3 Å². The number of hydrogen-bond donors (Lipinski definition) is 2. The second-order valence-corrected chi connectivity index (χ2v) is 3.16. The van der Waals surface area contributed by atoms with E-state index in [2.05, 4.69) is 15.4 Å². The first-order chi connectivity index (χ1) is 7.83. The molecule has 0 saturated heterocycles. The van der Waals surface area contributed by atoms with E-state index >= 15 is 0 Å². The highest BCUT2D eigenvalue weighted by Gasteiger charge is 2.16. The fourth-order valence-electron chi connectivity index (χ4n) is 1.38. The molecule has 1 heterocycles. The van der Waals surface area contributed by atoms with E-state index in [1.165, 1.54) is 0 Å². The molecule has 0 saturated carbocycles. The van der Waals surface area contributed by atoms with E-state index in [9.17, 15) is 0 Å². The lowest BCUT2D eigenvalue weighted by Gasteiger charge is -2.16. The van der Waals surface area contributed by atoms with Crippen molar-refractivity contribution in [2.45, 2.75) is 19.4 Å². The summed E-state index contributed by atoms with van der Waals surface area (Å²) in [5.74, 6) is 5.97. The molecule has 0 radical (unpaired) electrons. The zero-order chi connectivity index (χ0) is 11.8. The van der Waals surface area contributed by atoms with Crippen LogP contribution in [0.5, 0.6) is 5.88 Å². The highest BCUT2D eigenvalue weighted by molar-refractivity contribution is 5.20. The van der Waals surface area contributed by atoms with Crippen molar-refractivity contribution in [3.8, 4) is 5.88 Å². The number of ether oxygens (including phenoxy) is 2. The van der Waals surface area contributed by atoms with Gasteiger partial charge in [0.1, 0.15) is 5.69 Å². The quantitative estimate of drug-likeness (QED) is 0.398. The predicted octanol–water partition coefficient (Wildman–Crippen LogP) is 0.416. The van der Waals surface area contributed by atoms with Crippen molar-refractivity contribution >= 4 is 0 Å². The van der Waals surface area contributed by atoms with Gasteiger partial charge in [-0.1, -0.05) is 0 Å². The maximum absolute atomic E-state index is 5.48. The molecule has 90 valence electrons. The van der Waals surface area contributed by atoms with Crippen molar-refractivity contribution in [3.05, 3.63) is 18.1 Å². The summed E-state index contributed by atoms with van der Waals surface area (Å²) in [7, 11) is 1.56. The molecule has 0 amide bonds. The highest BCUT2D eigenvalue weighted by atomic mass is 16.5. The molecule has 1 rings (SSSR count). The Balaban J connectivity index is 2.69. The number of nitrogens with zero attached hydrogens (tertiary/aromatic N) is 2. The minimum absolute atomic E-state index is 0.116. The molecule has 6 nitrogen and oxygen atoms in total. The Labute approximate surface area is 95.1 Å². The number of methoxy groups -OCH3 is 1. The molecule has 0 aliphatic carbocycles. The third-order valence-corrected chi connectivity index (χ3v) is 2.17. The molecule has 0 bridgehead atoms. The number of hydrogen-bond acceptors (Lipinski definition) is 6. The largest absolute Gasteiger partial charge is 0.480 e. The second-order valence-electron chi connectivity index (χ2n) is 3.16. The first-order valence-electron chi connectivity index (χ1n) is 5.22. The Kier molecular flexibility index (Phi) is 5.69. The van der Waals surface area contributed by atoms with Crippen LogP contribution in [-0.4, -0.2) is 30.3 Å². The van der Waals surface area contributed by atoms with Gasteiger partial charge in [0.15, 0.2) is 0 Å². The van der Waals surface area contributed by atoms with E-state index in [0.29, 0.717) is 24.8 Å². The van der Waals surface area contributed by atoms with E-state index in [1.807, 2.05) is 6.92 Å². The van der Waals surface area contributed by atoms with E-state index in [1.54, 1.807) is 19.5 Å². The summed E-state index contributed by atoms with van der Waals surface area (Å²) in [6.45, 7) is 3.26. The maximum atomic E-state index is 5.48. The fraction of sp³-hybridized carbons (Fsp3) is 0.600. The smallest absolute Gasteiger partial charge is 0.237 e. The van der Waals surface area contributed by atoms with Crippen molar-refractivity contribution in [2.75, 3.05) is 20.3 Å². The highest BCUT2D eigenvalue weighted by Crippen LogP contribution is 2.21. The average molecular weight is 226 g/mol. The SMILES string of the molecule is CCOCCC(NN)c1nccnc1OC. The summed E-state index contributed by atoms with van der Waals surface area (Å²) < 4.78 is 10.4. The minimum Gasteiger partial charge on any atom is -0.480 e. The molecule has 1 atom stereocenters. The summed E-state index contributed by atoms with van der Waals surface area (Å²) in [5, 5.41) is 0. The van der Waals surface area contributed by atoms with Crippen LogP contribution in [0.25, 0.3) is 0 Å². The zero-order valence-corrected chi connectivity index (χ0v) is 9.64. The molecule has 1 aromatic heterocycles. The molecular formula is C10H18N4O2. The molecule has 6 heteroatoms. The lowest BCUT2D eigenvalue weighted by atomic mass is 10.1. The summed E-state index contributed by atoms with van der Waals surface area (Å²) in [4.78, 5) is 8.29. The van der Waals surface area contributed by atoms with Crippen LogP contribution in [0.3, 0.4) is 0 Å². The Bertz CT molecular complexity index is 309. The molecule has 1 unspecified atom stereocenters. The van der Waals surface area contributed by atoms with E-state index in [0.717, 1.165) is 6.42 Å². The van der Waals surface area contributed by atoms with Gasteiger partial charge in [-0.25, -0.2) is 4.98 Å². The second kappa shape index (κ2) is 7.10. The van der Waals surface area contributed by atoms with Crippen LogP contribution < -0.4 is 16.0 Å². The third kappa shape index (κ3) is 3.41. The number of rotatable bonds is 7. The standard InChI is InChI=1S/C10H18N4O2/c1-3-16-7-4-8(14-11)9-10(15-2)13-6-5-12-9/h5-6,8,14H,3-4,7,11H2,1-2H3. The van der Waals surface area contributed by atoms with Gasteiger partial charge in [0.05, 0.1) is 13.2 Å². The van der Waals surface area contributed by atoms with Gasteiger partial charge in [0.25, 0.3) is 0 Å². The fourth-order valence-corrected chi connectivity index (χ4v) is 1.38. The van der Waals surface area contributed by atoms with Gasteiger partial charge in [-0.2, -0.15) is 0 Å². The lowest BCUT2D eigenvalue weighted by molar-refractivity contribution is 0.135. The van der Waals surface area contributed by atoms with E-state index < -0.39 is 0 Å². The first-order valence-corrected chi connectivity index (χ1v) is 5.22. The Morgan fingerprint density at radius 3 is 2.81 bits per heavy atom. The van der Waals surface area contributed by atoms with Gasteiger partial charge >= 0.3 is 0 Å². The predicted molar refractivity (Wildman–Crippen MR) is 59.8 cm³/mol. The van der Waals surface area contributed by atoms with Crippen LogP contribution in [0.15, 0.2) is 12.4 Å². The monoisotopic (exact) mass is 226 g/mol. The first kappa shape index (κ1) is 12.8. The molecule has 0 aliphatic rings. The van der Waals surface area contributed by atoms with Crippen molar-refractivity contribution < 1.29 is 9.47 Å². The van der Waals surface area contributed by atoms with Gasteiger partial charge in [-0.15, -0.1) is 0 Å². The molecular weight excluding hydrogens is 208 g/mol. The van der Waals surface area contributed by atoms with Crippen molar-refractivity contribution in [1.82, 2.24) is 15.4 Å². The summed E-state index contributed by atoms with van der Waals surface area (Å²) in [6.07, 6.45) is 3.92. The van der Waals surface area contributed by atoms with Crippen LogP contribution in [0.1, 0.15) is 25.1 Å². The summed E-state index contributed by atoms with van der Waals surface area (Å²) in [6, 6.07) is -0.116. The molecule has 1 aromatic rings. The van der Waals surface area contributed by atoms with Gasteiger partial charge in [-0.05, 0) is 13.3 Å². The Morgan fingerprint density at radius 1 is 1.44 bits per heavy atom. The van der Waals surface area contributed by atoms with Crippen molar-refractivity contribution in [2.24, 2.45) is 5.84 Å². The Morgan fingerprint density at radius 2 is 2.19 bits per heavy atom. The molecule has 0 fully saturated rings. The normalized spacial score (nSPS) is 12.4. The van der Waals surface area contributed by atoms with Crippen LogP contribution >= 0.6 is 0 Å². The Hall–Kier alpha value is -1.24. The zero-order valence-electron chi connectivity index (χ0n) is 9.64. The average Bonchev–Trinajstić information content (AvgIpc) is 2.35. The number of nitrogens with one attached hydrogen (secondary N) is 1. The summed E-state index contributed by atoms with van der Waals surface area (Å²) in [5.41, 5.74) is 3.39. The maximum Gasteiger partial charge on any atom is 0.237 e. The molecule has 0 spiro atoms. The van der Waals surface area contributed by atoms with Crippen LogP contribution in [0, 0.1) is 0 Å². The lowest BCUT2D eigenvalue weighted by Crippen LogP contribution is -2.30. The molecule has 0 aliphatic heterocycles. The van der Waals surface area contributed by atoms with Crippen LogP contribution in [-0.2, 0) is 4.74 Å². The summed E-state index contributed by atoms with van der Waals surface area (Å²) >= 11 is 0. The van der Waals surface area contributed by atoms with Crippen molar-refractivity contribution in [1.29, 1.82) is 0 Å². The molecule has 3 N–H and O–H groups in total. The van der Waals surface area contributed by atoms with E-state index in [-0.39, 0.29) is 6.04 Å². The third-order valence-electron chi connectivity index (χ3n) is 2.17. The van der Waals surface area contributed by atoms with E-state index in [4.69, 9.17) is 15.3 Å².